The van der Waals surface area contributed by atoms with Crippen LogP contribution < -0.4 is 5.32 Å². The number of unbranched alkanes of at least 4 members (excludes halogenated alkanes) is 1. The number of hydrogen-bond donors (Lipinski definition) is 9. The first-order valence-electron chi connectivity index (χ1n) is 7.44. The molecule has 0 rings (SSSR count). The average molecular weight is 479 g/mol. The maximum absolute atomic E-state index is 11.6. The van der Waals surface area contributed by atoms with Crippen molar-refractivity contribution in [2.45, 2.75) is 30.7 Å². The summed E-state index contributed by atoms with van der Waals surface area (Å²) in [5.41, 5.74) is -2.71. The molecule has 18 heteroatoms. The van der Waals surface area contributed by atoms with Crippen LogP contribution >= 0.6 is 30.4 Å². The summed E-state index contributed by atoms with van der Waals surface area (Å²) in [6, 6.07) is 0. The van der Waals surface area contributed by atoms with Crippen LogP contribution in [0.3, 0.4) is 0 Å². The van der Waals surface area contributed by atoms with E-state index in [-0.39, 0.29) is 6.61 Å². The van der Waals surface area contributed by atoms with E-state index in [9.17, 15) is 37.8 Å². The highest BCUT2D eigenvalue weighted by atomic mass is 31.2. The van der Waals surface area contributed by atoms with Crippen LogP contribution in [-0.2, 0) is 23.0 Å². The predicted octanol–water partition coefficient (Wildman–Crippen LogP) is -0.671. The second-order valence-corrected chi connectivity index (χ2v) is 13.4. The number of ether oxygens (including phenoxy) is 1. The minimum atomic E-state index is -5.42. The van der Waals surface area contributed by atoms with Gasteiger partial charge in [-0.3, -0.25) is 23.6 Å². The Balaban J connectivity index is 5.65. The van der Waals surface area contributed by atoms with E-state index in [1.165, 1.54) is 0 Å². The SMILES string of the molecule is CCCCOCC(CNC(P(=O)(O)O)P(=O)(O)O)C(P(=O)(O)O)P(=O)(O)O. The van der Waals surface area contributed by atoms with Crippen molar-refractivity contribution in [3.05, 3.63) is 0 Å². The molecule has 14 nitrogen and oxygen atoms in total. The molecular formula is C9H25NO13P4. The topological polar surface area (TPSA) is 251 Å². The lowest BCUT2D eigenvalue weighted by Gasteiger charge is -2.30. The number of hydrogen-bond acceptors (Lipinski definition) is 6. The molecule has 164 valence electrons. The zero-order valence-corrected chi connectivity index (χ0v) is 17.8. The van der Waals surface area contributed by atoms with Crippen molar-refractivity contribution >= 4 is 30.4 Å². The summed E-state index contributed by atoms with van der Waals surface area (Å²) < 4.78 is 50.7. The highest BCUT2D eigenvalue weighted by Crippen LogP contribution is 2.63. The van der Waals surface area contributed by atoms with Crippen molar-refractivity contribution in [2.75, 3.05) is 19.8 Å². The Morgan fingerprint density at radius 2 is 1.26 bits per heavy atom. The Bertz CT molecular complexity index is 602. The van der Waals surface area contributed by atoms with Gasteiger partial charge in [0.05, 0.1) is 6.61 Å². The predicted molar refractivity (Wildman–Crippen MR) is 93.0 cm³/mol. The van der Waals surface area contributed by atoms with Crippen molar-refractivity contribution < 1.29 is 62.1 Å². The molecule has 1 atom stereocenters. The first-order valence-corrected chi connectivity index (χ1v) is 14.2. The Labute approximate surface area is 155 Å². The second kappa shape index (κ2) is 10.5. The lowest BCUT2D eigenvalue weighted by molar-refractivity contribution is 0.0955. The van der Waals surface area contributed by atoms with Crippen LogP contribution in [0.15, 0.2) is 0 Å². The summed E-state index contributed by atoms with van der Waals surface area (Å²) in [6.45, 7) is 0.292. The van der Waals surface area contributed by atoms with Crippen molar-refractivity contribution in [1.29, 1.82) is 0 Å². The molecule has 1 unspecified atom stereocenters. The van der Waals surface area contributed by atoms with E-state index in [2.05, 4.69) is 0 Å². The van der Waals surface area contributed by atoms with E-state index in [1.807, 2.05) is 0 Å². The lowest BCUT2D eigenvalue weighted by atomic mass is 10.2. The summed E-state index contributed by atoms with van der Waals surface area (Å²) in [4.78, 5) is 73.4. The van der Waals surface area contributed by atoms with Crippen LogP contribution in [0, 0.1) is 5.92 Å². The average Bonchev–Trinajstić information content (AvgIpc) is 2.36. The molecule has 0 aliphatic heterocycles. The van der Waals surface area contributed by atoms with Gasteiger partial charge in [-0.1, -0.05) is 13.3 Å². The van der Waals surface area contributed by atoms with Crippen LogP contribution in [0.4, 0.5) is 0 Å². The summed E-state index contributed by atoms with van der Waals surface area (Å²) in [7, 11) is -21.7. The molecule has 0 aliphatic carbocycles. The first kappa shape index (κ1) is 27.5. The van der Waals surface area contributed by atoms with Gasteiger partial charge in [-0.25, -0.2) is 0 Å². The van der Waals surface area contributed by atoms with E-state index in [1.54, 1.807) is 12.2 Å². The zero-order chi connectivity index (χ0) is 21.7. The molecule has 9 N–H and O–H groups in total. The molecule has 0 saturated carbocycles. The molecule has 0 aromatic rings. The van der Waals surface area contributed by atoms with Crippen LogP contribution in [0.1, 0.15) is 19.8 Å². The molecule has 27 heavy (non-hydrogen) atoms. The van der Waals surface area contributed by atoms with Gasteiger partial charge in [0.25, 0.3) is 0 Å². The van der Waals surface area contributed by atoms with Crippen molar-refractivity contribution in [2.24, 2.45) is 5.92 Å². The molecule has 0 radical (unpaired) electrons. The summed E-state index contributed by atoms with van der Waals surface area (Å²) in [6.07, 6.45) is 1.20. The molecule has 0 spiro atoms. The van der Waals surface area contributed by atoms with Crippen LogP contribution in [-0.4, -0.2) is 69.8 Å². The van der Waals surface area contributed by atoms with Gasteiger partial charge in [-0.15, -0.1) is 0 Å². The smallest absolute Gasteiger partial charge is 0.354 e. The normalized spacial score (nSPS) is 15.5. The second-order valence-electron chi connectivity index (χ2n) is 5.74. The van der Waals surface area contributed by atoms with E-state index in [4.69, 9.17) is 24.3 Å². The van der Waals surface area contributed by atoms with Gasteiger partial charge in [-0.05, 0) is 6.42 Å². The van der Waals surface area contributed by atoms with Crippen LogP contribution in [0.5, 0.6) is 0 Å². The molecule has 0 aliphatic rings. The van der Waals surface area contributed by atoms with Crippen molar-refractivity contribution in [1.82, 2.24) is 5.32 Å². The third-order valence-corrected chi connectivity index (χ3v) is 10.8. The summed E-state index contributed by atoms with van der Waals surface area (Å²) >= 11 is 0. The monoisotopic (exact) mass is 479 g/mol. The standard InChI is InChI=1S/C9H25NO13P4/c1-2-3-4-23-6-7(8(24(11,12)13)25(14,15)16)5-10-9(26(17,18)19)27(20,21)22/h7-10H,2-6H2,1H3,(H2,11,12,13)(H2,14,15,16)(H2,17,18,19)(H2,20,21,22). The molecular weight excluding hydrogens is 454 g/mol. The Morgan fingerprint density at radius 1 is 0.815 bits per heavy atom. The lowest BCUT2D eigenvalue weighted by Crippen LogP contribution is -2.39. The van der Waals surface area contributed by atoms with Gasteiger partial charge >= 0.3 is 30.4 Å². The van der Waals surface area contributed by atoms with Gasteiger partial charge in [0.2, 0.25) is 5.52 Å². The third-order valence-electron chi connectivity index (χ3n) is 3.28. The molecule has 0 aromatic heterocycles. The molecule has 0 heterocycles. The largest absolute Gasteiger partial charge is 0.381 e. The molecule has 0 aromatic carbocycles. The quantitative estimate of drug-likeness (QED) is 0.117. The molecule has 0 amide bonds. The first-order chi connectivity index (χ1) is 11.9. The van der Waals surface area contributed by atoms with E-state index in [0.29, 0.717) is 12.8 Å². The minimum Gasteiger partial charge on any atom is -0.381 e. The van der Waals surface area contributed by atoms with Gasteiger partial charge < -0.3 is 43.9 Å². The highest BCUT2D eigenvalue weighted by molar-refractivity contribution is 7.71. The summed E-state index contributed by atoms with van der Waals surface area (Å²) in [5.74, 6) is -1.70. The van der Waals surface area contributed by atoms with Crippen molar-refractivity contribution in [3.63, 3.8) is 0 Å². The van der Waals surface area contributed by atoms with Crippen LogP contribution in [0.25, 0.3) is 0 Å². The highest BCUT2D eigenvalue weighted by Gasteiger charge is 2.50. The third kappa shape index (κ3) is 10.2. The fourth-order valence-electron chi connectivity index (χ4n) is 2.17. The van der Waals surface area contributed by atoms with Gasteiger partial charge in [0.15, 0.2) is 5.40 Å². The van der Waals surface area contributed by atoms with Gasteiger partial charge in [0.1, 0.15) is 0 Å². The number of rotatable bonds is 13. The minimum absolute atomic E-state index is 0.0719. The molecule has 0 fully saturated rings. The van der Waals surface area contributed by atoms with Gasteiger partial charge in [-0.2, -0.15) is 0 Å². The molecule has 0 saturated heterocycles. The summed E-state index contributed by atoms with van der Waals surface area (Å²) in [5, 5.41) is -0.817. The maximum atomic E-state index is 11.6. The Kier molecular flexibility index (Phi) is 10.7. The Hall–Kier alpha value is 0.520. The van der Waals surface area contributed by atoms with Crippen LogP contribution in [0.2, 0.25) is 0 Å². The number of nitrogens with one attached hydrogen (secondary N) is 1. The van der Waals surface area contributed by atoms with Crippen molar-refractivity contribution in [3.8, 4) is 0 Å². The van der Waals surface area contributed by atoms with E-state index >= 15 is 0 Å². The molecule has 0 bridgehead atoms. The zero-order valence-electron chi connectivity index (χ0n) is 14.2. The van der Waals surface area contributed by atoms with Gasteiger partial charge in [0, 0.05) is 19.1 Å². The fraction of sp³-hybridized carbons (Fsp3) is 1.00. The maximum Gasteiger partial charge on any atom is 0.354 e. The Morgan fingerprint density at radius 3 is 1.59 bits per heavy atom. The van der Waals surface area contributed by atoms with E-state index in [0.717, 1.165) is 0 Å². The fourth-order valence-corrected chi connectivity index (χ4v) is 7.47. The van der Waals surface area contributed by atoms with E-state index < -0.39 is 60.4 Å².